The maximum absolute atomic E-state index is 2.41. The average molecular weight is 554 g/mol. The second-order valence-electron chi connectivity index (χ2n) is 8.66. The van der Waals surface area contributed by atoms with E-state index in [-0.39, 0.29) is 42.0 Å². The third-order valence-electron chi connectivity index (χ3n) is 5.91. The van der Waals surface area contributed by atoms with E-state index in [1.54, 1.807) is 10.6 Å². The van der Waals surface area contributed by atoms with Crippen LogP contribution in [0.15, 0.2) is 72.8 Å². The van der Waals surface area contributed by atoms with Gasteiger partial charge in [-0.1, -0.05) is 81.4 Å². The fraction of sp³-hybridized carbons (Fsp3) is 0.400. The zero-order valence-electron chi connectivity index (χ0n) is 21.0. The monoisotopic (exact) mass is 552 g/mol. The van der Waals surface area contributed by atoms with Crippen LogP contribution < -0.4 is 10.6 Å². The molecule has 0 unspecified atom stereocenters. The van der Waals surface area contributed by atoms with Gasteiger partial charge >= 0.3 is 26.2 Å². The smallest absolute Gasteiger partial charge is 0.161 e. The van der Waals surface area contributed by atoms with Crippen LogP contribution in [0.25, 0.3) is 21.5 Å². The van der Waals surface area contributed by atoms with Crippen LogP contribution in [0.3, 0.4) is 0 Å². The van der Waals surface area contributed by atoms with Gasteiger partial charge < -0.3 is 0 Å². The Morgan fingerprint density at radius 3 is 1.18 bits per heavy atom. The minimum absolute atomic E-state index is 0. The van der Waals surface area contributed by atoms with E-state index < -0.39 is 0 Å². The quantitative estimate of drug-likeness (QED) is 0.136. The third-order valence-corrected chi connectivity index (χ3v) is 11.8. The molecule has 0 atom stereocenters. The molecule has 0 spiro atoms. The molecule has 0 aliphatic carbocycles. The first-order valence-electron chi connectivity index (χ1n) is 12.5. The van der Waals surface area contributed by atoms with Crippen LogP contribution in [0.4, 0.5) is 0 Å². The number of hydrogen-bond donors (Lipinski definition) is 0. The largest absolute Gasteiger partial charge is 2.00 e. The fourth-order valence-electron chi connectivity index (χ4n) is 4.45. The van der Waals surface area contributed by atoms with Gasteiger partial charge in [0.25, 0.3) is 0 Å². The molecule has 4 rings (SSSR count). The Bertz CT molecular complexity index is 897. The number of benzene rings is 2. The summed E-state index contributed by atoms with van der Waals surface area (Å²) in [6, 6.07) is 27.1. The van der Waals surface area contributed by atoms with Gasteiger partial charge in [-0.15, -0.1) is 80.7 Å². The van der Waals surface area contributed by atoms with E-state index in [4.69, 9.17) is 0 Å². The van der Waals surface area contributed by atoms with Crippen molar-refractivity contribution >= 4 is 48.0 Å². The van der Waals surface area contributed by atoms with E-state index in [1.807, 2.05) is 0 Å². The first kappa shape index (κ1) is 28.6. The van der Waals surface area contributed by atoms with E-state index in [0.29, 0.717) is 0 Å². The van der Waals surface area contributed by atoms with Crippen molar-refractivity contribution < 1.29 is 26.2 Å². The second-order valence-corrected chi connectivity index (χ2v) is 13.6. The van der Waals surface area contributed by atoms with Crippen molar-refractivity contribution in [2.24, 2.45) is 0 Å². The molecule has 0 fully saturated rings. The average Bonchev–Trinajstić information content (AvgIpc) is 3.43. The van der Waals surface area contributed by atoms with Crippen LogP contribution in [0.5, 0.6) is 0 Å². The Labute approximate surface area is 223 Å². The first-order chi connectivity index (χ1) is 15.7. The predicted molar refractivity (Wildman–Crippen MR) is 153 cm³/mol. The summed E-state index contributed by atoms with van der Waals surface area (Å²) < 4.78 is 0. The Balaban J connectivity index is 0.000000227. The molecule has 0 nitrogen and oxygen atoms in total. The van der Waals surface area contributed by atoms with Gasteiger partial charge in [0.1, 0.15) is 0 Å². The summed E-state index contributed by atoms with van der Waals surface area (Å²) >= 11 is 0. The van der Waals surface area contributed by atoms with Crippen LogP contribution in [-0.4, -0.2) is 24.6 Å². The van der Waals surface area contributed by atoms with Gasteiger partial charge in [0.15, 0.2) is 0 Å². The van der Waals surface area contributed by atoms with Crippen molar-refractivity contribution in [2.75, 3.05) is 24.6 Å². The van der Waals surface area contributed by atoms with Crippen LogP contribution in [0.1, 0.15) is 53.4 Å². The fourth-order valence-corrected chi connectivity index (χ4v) is 9.38. The molecule has 0 heterocycles. The van der Waals surface area contributed by atoms with Gasteiger partial charge in [-0.05, 0) is 24.6 Å². The van der Waals surface area contributed by atoms with Crippen molar-refractivity contribution in [1.82, 2.24) is 0 Å². The molecular weight excluding hydrogens is 514 g/mol. The van der Waals surface area contributed by atoms with Crippen molar-refractivity contribution in [3.63, 3.8) is 0 Å². The number of rotatable bonds is 10. The summed E-state index contributed by atoms with van der Waals surface area (Å²) in [5.74, 6) is 0. The molecule has 33 heavy (non-hydrogen) atoms. The molecule has 0 bridgehead atoms. The zero-order valence-corrected chi connectivity index (χ0v) is 25.2. The molecule has 0 N–H and O–H groups in total. The summed E-state index contributed by atoms with van der Waals surface area (Å²) in [5.41, 5.74) is 0. The summed E-state index contributed by atoms with van der Waals surface area (Å²) in [4.78, 5) is 0. The van der Waals surface area contributed by atoms with Crippen LogP contribution in [0.2, 0.25) is 0 Å². The Hall–Kier alpha value is -0.597. The Kier molecular flexibility index (Phi) is 13.4. The van der Waals surface area contributed by atoms with Gasteiger partial charge in [0.05, 0.1) is 0 Å². The maximum atomic E-state index is 2.41. The first-order valence-corrected chi connectivity index (χ1v) is 15.9. The van der Waals surface area contributed by atoms with Gasteiger partial charge in [0, 0.05) is 0 Å². The molecule has 0 saturated carbocycles. The Morgan fingerprint density at radius 1 is 0.545 bits per heavy atom. The van der Waals surface area contributed by atoms with E-state index in [9.17, 15) is 0 Å². The normalized spacial score (nSPS) is 11.1. The van der Waals surface area contributed by atoms with Gasteiger partial charge in [-0.3, -0.25) is 0 Å². The second kappa shape index (κ2) is 15.4. The van der Waals surface area contributed by atoms with Crippen molar-refractivity contribution in [1.29, 1.82) is 0 Å². The number of fused-ring (bicyclic) bond motifs is 2. The molecule has 0 aliphatic rings. The van der Waals surface area contributed by atoms with Crippen molar-refractivity contribution in [2.45, 2.75) is 53.4 Å². The van der Waals surface area contributed by atoms with E-state index in [2.05, 4.69) is 100 Å². The van der Waals surface area contributed by atoms with Gasteiger partial charge in [0.2, 0.25) is 0 Å². The Morgan fingerprint density at radius 2 is 0.879 bits per heavy atom. The molecule has 0 saturated heterocycles. The molecule has 0 amide bonds. The van der Waals surface area contributed by atoms with Crippen molar-refractivity contribution in [3.8, 4) is 0 Å². The molecule has 4 aromatic carbocycles. The predicted octanol–water partition coefficient (Wildman–Crippen LogP) is 8.97. The molecule has 0 radical (unpaired) electrons. The minimum atomic E-state index is 0. The van der Waals surface area contributed by atoms with E-state index in [0.717, 1.165) is 0 Å². The van der Waals surface area contributed by atoms with Crippen molar-refractivity contribution in [3.05, 3.63) is 72.8 Å². The van der Waals surface area contributed by atoms with Crippen LogP contribution in [-0.2, 0) is 26.2 Å². The molecule has 0 aliphatic heterocycles. The van der Waals surface area contributed by atoms with E-state index in [1.165, 1.54) is 71.9 Å². The summed E-state index contributed by atoms with van der Waals surface area (Å²) in [7, 11) is 0.194. The molecular formula is C30H40P2Zr. The van der Waals surface area contributed by atoms with Crippen LogP contribution >= 0.6 is 15.8 Å². The van der Waals surface area contributed by atoms with E-state index >= 15 is 0 Å². The summed E-state index contributed by atoms with van der Waals surface area (Å²) in [6.07, 6.45) is 10.8. The molecule has 0 aromatic heterocycles. The number of hydrogen-bond acceptors (Lipinski definition) is 0. The topological polar surface area (TPSA) is 0 Å². The molecule has 3 heteroatoms. The molecule has 4 aromatic rings. The SMILES string of the molecule is CCCP(CCC)c1cc2ccccc2[cH-]1.CCCP(CCC)c1cc2ccccc2[cH-]1.[Zr+2]. The third kappa shape index (κ3) is 8.24. The van der Waals surface area contributed by atoms with Crippen LogP contribution in [0, 0.1) is 0 Å². The maximum Gasteiger partial charge on any atom is 2.00 e. The summed E-state index contributed by atoms with van der Waals surface area (Å²) in [6.45, 7) is 9.20. The zero-order chi connectivity index (χ0) is 22.8. The standard InChI is InChI=1S/2C15H20P.Zr/c2*1-3-9-16(10-4-2)15-11-13-7-5-6-8-14(13)12-15;/h2*5-8,11-12H,3-4,9-10H2,1-2H3;/q2*-1;+2. The van der Waals surface area contributed by atoms with Gasteiger partial charge in [-0.2, -0.15) is 12.1 Å². The van der Waals surface area contributed by atoms with Gasteiger partial charge in [-0.25, -0.2) is 0 Å². The molecule has 174 valence electrons. The minimum Gasteiger partial charge on any atom is -0.161 e. The summed E-state index contributed by atoms with van der Waals surface area (Å²) in [5, 5.41) is 8.88.